The molecule has 0 spiro atoms. The molecule has 0 aliphatic heterocycles. The highest BCUT2D eigenvalue weighted by Gasteiger charge is 2.25. The van der Waals surface area contributed by atoms with Crippen LogP contribution in [0.4, 0.5) is 11.4 Å². The summed E-state index contributed by atoms with van der Waals surface area (Å²) < 4.78 is 28.6. The maximum atomic E-state index is 12.9. The van der Waals surface area contributed by atoms with Gasteiger partial charge in [-0.15, -0.1) is 0 Å². The summed E-state index contributed by atoms with van der Waals surface area (Å²) in [4.78, 5) is 23.1. The molecule has 4 N–H and O–H groups in total. The van der Waals surface area contributed by atoms with Crippen LogP contribution < -0.4 is 10.0 Å². The third-order valence-electron chi connectivity index (χ3n) is 4.88. The molecule has 3 rings (SSSR count). The fraction of sp³-hybridized carbons (Fsp3) is 0.136. The maximum Gasteiger partial charge on any atom is 0.269 e. The van der Waals surface area contributed by atoms with Gasteiger partial charge in [-0.25, -0.2) is 8.42 Å². The van der Waals surface area contributed by atoms with Gasteiger partial charge in [-0.1, -0.05) is 28.1 Å². The highest BCUT2D eigenvalue weighted by Crippen LogP contribution is 2.24. The number of carbonyl (C=O) groups is 1. The van der Waals surface area contributed by atoms with Crippen LogP contribution in [0.2, 0.25) is 0 Å². The third kappa shape index (κ3) is 5.97. The molecule has 1 amide bonds. The molecule has 3 aromatic carbocycles. The van der Waals surface area contributed by atoms with Crippen LogP contribution in [0.1, 0.15) is 22.0 Å². The highest BCUT2D eigenvalue weighted by molar-refractivity contribution is 9.10. The zero-order valence-electron chi connectivity index (χ0n) is 17.5. The number of anilines is 1. The number of non-ortho nitro benzene ring substituents is 1. The zero-order chi connectivity index (χ0) is 24.9. The molecule has 2 atom stereocenters. The predicted octanol–water partition coefficient (Wildman–Crippen LogP) is 2.98. The number of amides is 1. The van der Waals surface area contributed by atoms with Gasteiger partial charge in [0.1, 0.15) is 6.10 Å². The number of sulfonamides is 1. The van der Waals surface area contributed by atoms with Crippen LogP contribution in [-0.4, -0.2) is 42.1 Å². The van der Waals surface area contributed by atoms with E-state index in [4.69, 9.17) is 0 Å². The van der Waals surface area contributed by atoms with Crippen molar-refractivity contribution in [3.05, 3.63) is 98.5 Å². The van der Waals surface area contributed by atoms with Crippen molar-refractivity contribution in [1.82, 2.24) is 5.32 Å². The molecule has 34 heavy (non-hydrogen) atoms. The van der Waals surface area contributed by atoms with E-state index < -0.39 is 39.6 Å². The van der Waals surface area contributed by atoms with Gasteiger partial charge in [0, 0.05) is 16.6 Å². The molecule has 12 heteroatoms. The van der Waals surface area contributed by atoms with Gasteiger partial charge >= 0.3 is 0 Å². The van der Waals surface area contributed by atoms with Crippen LogP contribution in [0.5, 0.6) is 0 Å². The molecule has 0 radical (unpaired) electrons. The van der Waals surface area contributed by atoms with Crippen LogP contribution in [0.3, 0.4) is 0 Å². The SMILES string of the molecule is O=C(N[C@H](CO)[C@@H](O)c1ccc([N+](=O)[O-])cc1)c1ccccc1NS(=O)(=O)c1ccc(Br)cc1. The molecular formula is C22H20BrN3O7S. The zero-order valence-corrected chi connectivity index (χ0v) is 19.9. The fourth-order valence-electron chi connectivity index (χ4n) is 3.08. The average molecular weight is 550 g/mol. The number of rotatable bonds is 9. The Morgan fingerprint density at radius 3 is 2.24 bits per heavy atom. The second-order valence-corrected chi connectivity index (χ2v) is 9.76. The second kappa shape index (κ2) is 10.7. The van der Waals surface area contributed by atoms with Crippen LogP contribution in [0.25, 0.3) is 0 Å². The van der Waals surface area contributed by atoms with E-state index in [2.05, 4.69) is 26.0 Å². The predicted molar refractivity (Wildman–Crippen MR) is 128 cm³/mol. The van der Waals surface area contributed by atoms with Crippen LogP contribution in [0.15, 0.2) is 82.2 Å². The minimum atomic E-state index is -4.00. The summed E-state index contributed by atoms with van der Waals surface area (Å²) in [6.45, 7) is -0.642. The number of aliphatic hydroxyl groups is 2. The highest BCUT2D eigenvalue weighted by atomic mass is 79.9. The summed E-state index contributed by atoms with van der Waals surface area (Å²) in [6, 6.07) is 15.7. The summed E-state index contributed by atoms with van der Waals surface area (Å²) in [5, 5.41) is 33.6. The first-order valence-electron chi connectivity index (χ1n) is 9.84. The summed E-state index contributed by atoms with van der Waals surface area (Å²) in [5.74, 6) is -0.742. The van der Waals surface area contributed by atoms with Gasteiger partial charge in [0.2, 0.25) is 0 Å². The van der Waals surface area contributed by atoms with Crippen molar-refractivity contribution < 1.29 is 28.3 Å². The quantitative estimate of drug-likeness (QED) is 0.236. The van der Waals surface area contributed by atoms with Crippen molar-refractivity contribution in [3.63, 3.8) is 0 Å². The molecule has 0 heterocycles. The van der Waals surface area contributed by atoms with Gasteiger partial charge in [-0.3, -0.25) is 19.6 Å². The Bertz CT molecular complexity index is 1280. The molecule has 0 aromatic heterocycles. The van der Waals surface area contributed by atoms with Crippen molar-refractivity contribution in [3.8, 4) is 0 Å². The van der Waals surface area contributed by atoms with Crippen molar-refractivity contribution in [2.24, 2.45) is 0 Å². The second-order valence-electron chi connectivity index (χ2n) is 7.16. The largest absolute Gasteiger partial charge is 0.394 e. The number of halogens is 1. The van der Waals surface area contributed by atoms with E-state index >= 15 is 0 Å². The third-order valence-corrected chi connectivity index (χ3v) is 6.79. The van der Waals surface area contributed by atoms with E-state index in [1.54, 1.807) is 18.2 Å². The Morgan fingerprint density at radius 2 is 1.65 bits per heavy atom. The first-order valence-corrected chi connectivity index (χ1v) is 12.1. The number of nitrogens with zero attached hydrogens (tertiary/aromatic N) is 1. The molecule has 0 fully saturated rings. The minimum absolute atomic E-state index is 0.00411. The van der Waals surface area contributed by atoms with E-state index in [0.717, 1.165) is 0 Å². The van der Waals surface area contributed by atoms with E-state index in [1.807, 2.05) is 0 Å². The van der Waals surface area contributed by atoms with Crippen molar-refractivity contribution in [1.29, 1.82) is 0 Å². The maximum absolute atomic E-state index is 12.9. The van der Waals surface area contributed by atoms with Gasteiger partial charge in [-0.05, 0) is 54.1 Å². The number of nitro groups is 1. The lowest BCUT2D eigenvalue weighted by molar-refractivity contribution is -0.384. The van der Waals surface area contributed by atoms with Gasteiger partial charge < -0.3 is 15.5 Å². The summed E-state index contributed by atoms with van der Waals surface area (Å²) in [6.07, 6.45) is -1.37. The first kappa shape index (κ1) is 25.3. The van der Waals surface area contributed by atoms with Gasteiger partial charge in [0.05, 0.1) is 33.7 Å². The number of hydrogen-bond donors (Lipinski definition) is 4. The van der Waals surface area contributed by atoms with E-state index in [1.165, 1.54) is 54.6 Å². The van der Waals surface area contributed by atoms with Gasteiger partial charge in [0.15, 0.2) is 0 Å². The summed E-state index contributed by atoms with van der Waals surface area (Å²) in [5.41, 5.74) is 0.0451. The number of nitrogens with one attached hydrogen (secondary N) is 2. The lowest BCUT2D eigenvalue weighted by atomic mass is 10.0. The molecule has 0 saturated carbocycles. The topological polar surface area (TPSA) is 159 Å². The Labute approximate surface area is 203 Å². The molecule has 10 nitrogen and oxygen atoms in total. The van der Waals surface area contributed by atoms with Gasteiger partial charge in [0.25, 0.3) is 21.6 Å². The Balaban J connectivity index is 1.80. The molecule has 3 aromatic rings. The summed E-state index contributed by atoms with van der Waals surface area (Å²) in [7, 11) is -4.00. The van der Waals surface area contributed by atoms with Crippen molar-refractivity contribution in [2.75, 3.05) is 11.3 Å². The van der Waals surface area contributed by atoms with E-state index in [-0.39, 0.29) is 27.4 Å². The molecule has 0 bridgehead atoms. The van der Waals surface area contributed by atoms with E-state index in [0.29, 0.717) is 4.47 Å². The van der Waals surface area contributed by atoms with Crippen molar-refractivity contribution in [2.45, 2.75) is 17.0 Å². The molecule has 0 unspecified atom stereocenters. The van der Waals surface area contributed by atoms with E-state index in [9.17, 15) is 33.5 Å². The molecular weight excluding hydrogens is 530 g/mol. The monoisotopic (exact) mass is 549 g/mol. The van der Waals surface area contributed by atoms with Crippen LogP contribution >= 0.6 is 15.9 Å². The molecule has 0 saturated heterocycles. The first-order chi connectivity index (χ1) is 16.1. The summed E-state index contributed by atoms with van der Waals surface area (Å²) >= 11 is 3.24. The number of carbonyl (C=O) groups excluding carboxylic acids is 1. The fourth-order valence-corrected chi connectivity index (χ4v) is 4.43. The molecule has 0 aliphatic carbocycles. The number of nitro benzene ring substituents is 1. The molecule has 0 aliphatic rings. The average Bonchev–Trinajstić information content (AvgIpc) is 2.82. The number of benzene rings is 3. The smallest absolute Gasteiger partial charge is 0.269 e. The van der Waals surface area contributed by atoms with Crippen LogP contribution in [-0.2, 0) is 10.0 Å². The minimum Gasteiger partial charge on any atom is -0.394 e. The van der Waals surface area contributed by atoms with Gasteiger partial charge in [-0.2, -0.15) is 0 Å². The lowest BCUT2D eigenvalue weighted by Gasteiger charge is -2.23. The number of hydrogen-bond acceptors (Lipinski definition) is 7. The Morgan fingerprint density at radius 1 is 1.03 bits per heavy atom. The number of para-hydroxylation sites is 1. The standard InChI is InChI=1S/C22H20BrN3O7S/c23-15-7-11-17(12-8-15)34(32,33)25-19-4-2-1-3-18(19)22(29)24-20(13-27)21(28)14-5-9-16(10-6-14)26(30)31/h1-12,20-21,25,27-28H,13H2,(H,24,29)/t20-,21+/m1/s1. The number of aliphatic hydroxyl groups excluding tert-OH is 2. The lowest BCUT2D eigenvalue weighted by Crippen LogP contribution is -2.42. The van der Waals surface area contributed by atoms with Crippen LogP contribution in [0, 0.1) is 10.1 Å². The van der Waals surface area contributed by atoms with Crippen molar-refractivity contribution >= 4 is 43.2 Å². The normalized spacial score (nSPS) is 13.0. The Hall–Kier alpha value is -3.32. The Kier molecular flexibility index (Phi) is 7.99. The molecule has 178 valence electrons.